The first kappa shape index (κ1) is 12.6. The van der Waals surface area contributed by atoms with Crippen molar-refractivity contribution in [2.75, 3.05) is 0 Å². The molecule has 2 rings (SSSR count). The molecule has 0 aliphatic rings. The van der Waals surface area contributed by atoms with Crippen LogP contribution in [0.15, 0.2) is 34.9 Å². The molecule has 2 aromatic rings. The van der Waals surface area contributed by atoms with Gasteiger partial charge >= 0.3 is 5.97 Å². The quantitative estimate of drug-likeness (QED) is 0.946. The number of hydrogen-bond donors (Lipinski definition) is 1. The van der Waals surface area contributed by atoms with Gasteiger partial charge in [-0.1, -0.05) is 12.1 Å². The van der Waals surface area contributed by atoms with Crippen molar-refractivity contribution in [3.8, 4) is 0 Å². The fourth-order valence-electron chi connectivity index (χ4n) is 1.42. The average molecular weight is 311 g/mol. The molecule has 0 bridgehead atoms. The van der Waals surface area contributed by atoms with E-state index >= 15 is 0 Å². The second-order valence-electron chi connectivity index (χ2n) is 3.59. The van der Waals surface area contributed by atoms with Gasteiger partial charge in [0.25, 0.3) is 0 Å². The number of carboxylic acid groups (broad SMARTS) is 1. The van der Waals surface area contributed by atoms with Crippen LogP contribution in [0.2, 0.25) is 0 Å². The van der Waals surface area contributed by atoms with Gasteiger partial charge in [-0.25, -0.2) is 19.2 Å². The van der Waals surface area contributed by atoms with Gasteiger partial charge < -0.3 is 5.11 Å². The molecule has 0 aliphatic heterocycles. The molecule has 0 fully saturated rings. The van der Waals surface area contributed by atoms with Crippen LogP contribution in [0, 0.1) is 5.82 Å². The summed E-state index contributed by atoms with van der Waals surface area (Å²) in [7, 11) is 0. The van der Waals surface area contributed by atoms with Crippen molar-refractivity contribution in [2.45, 2.75) is 6.42 Å². The van der Waals surface area contributed by atoms with E-state index in [9.17, 15) is 9.18 Å². The standard InChI is InChI=1S/C12H8BrFN2O2/c13-9-6-15-10(16-11(9)12(17)18)5-7-1-3-8(14)4-2-7/h1-4,6H,5H2,(H,17,18). The molecule has 0 atom stereocenters. The van der Waals surface area contributed by atoms with E-state index in [1.54, 1.807) is 12.1 Å². The molecule has 4 nitrogen and oxygen atoms in total. The summed E-state index contributed by atoms with van der Waals surface area (Å²) >= 11 is 3.07. The van der Waals surface area contributed by atoms with E-state index in [0.717, 1.165) is 5.56 Å². The van der Waals surface area contributed by atoms with Gasteiger partial charge in [0.1, 0.15) is 11.6 Å². The van der Waals surface area contributed by atoms with Gasteiger partial charge in [-0.2, -0.15) is 0 Å². The molecule has 0 spiro atoms. The van der Waals surface area contributed by atoms with E-state index < -0.39 is 5.97 Å². The third kappa shape index (κ3) is 2.89. The van der Waals surface area contributed by atoms with Crippen LogP contribution in [0.4, 0.5) is 4.39 Å². The summed E-state index contributed by atoms with van der Waals surface area (Å²) in [6, 6.07) is 5.90. The maximum Gasteiger partial charge on any atom is 0.355 e. The second-order valence-corrected chi connectivity index (χ2v) is 4.45. The van der Waals surface area contributed by atoms with Gasteiger partial charge in [-0.15, -0.1) is 0 Å². The fraction of sp³-hybridized carbons (Fsp3) is 0.0833. The highest BCUT2D eigenvalue weighted by molar-refractivity contribution is 9.10. The Hall–Kier alpha value is -1.82. The molecule has 0 amide bonds. The third-order valence-electron chi connectivity index (χ3n) is 2.27. The summed E-state index contributed by atoms with van der Waals surface area (Å²) in [5.41, 5.74) is 0.733. The van der Waals surface area contributed by atoms with E-state index in [2.05, 4.69) is 25.9 Å². The summed E-state index contributed by atoms with van der Waals surface area (Å²) in [6.45, 7) is 0. The van der Waals surface area contributed by atoms with Gasteiger partial charge in [-0.3, -0.25) is 0 Å². The molecular formula is C12H8BrFN2O2. The Morgan fingerprint density at radius 1 is 1.33 bits per heavy atom. The van der Waals surface area contributed by atoms with Gasteiger partial charge in [0.15, 0.2) is 5.69 Å². The molecule has 92 valence electrons. The number of hydrogen-bond acceptors (Lipinski definition) is 3. The highest BCUT2D eigenvalue weighted by atomic mass is 79.9. The van der Waals surface area contributed by atoms with E-state index in [1.807, 2.05) is 0 Å². The molecule has 1 aromatic carbocycles. The average Bonchev–Trinajstić information content (AvgIpc) is 2.34. The maximum atomic E-state index is 12.7. The molecule has 0 unspecified atom stereocenters. The van der Waals surface area contributed by atoms with Crippen LogP contribution in [-0.4, -0.2) is 21.0 Å². The van der Waals surface area contributed by atoms with Crippen molar-refractivity contribution < 1.29 is 14.3 Å². The van der Waals surface area contributed by atoms with Crippen LogP contribution < -0.4 is 0 Å². The van der Waals surface area contributed by atoms with E-state index in [1.165, 1.54) is 18.3 Å². The summed E-state index contributed by atoms with van der Waals surface area (Å²) < 4.78 is 13.1. The van der Waals surface area contributed by atoms with Crippen molar-refractivity contribution in [3.63, 3.8) is 0 Å². The minimum Gasteiger partial charge on any atom is -0.476 e. The highest BCUT2D eigenvalue weighted by Crippen LogP contribution is 2.15. The van der Waals surface area contributed by atoms with Crippen molar-refractivity contribution in [2.24, 2.45) is 0 Å². The summed E-state index contributed by atoms with van der Waals surface area (Å²) in [5.74, 6) is -1.06. The van der Waals surface area contributed by atoms with Crippen LogP contribution in [0.3, 0.4) is 0 Å². The lowest BCUT2D eigenvalue weighted by molar-refractivity contribution is 0.0688. The van der Waals surface area contributed by atoms with Crippen LogP contribution in [0.5, 0.6) is 0 Å². The molecule has 0 aliphatic carbocycles. The SMILES string of the molecule is O=C(O)c1nc(Cc2ccc(F)cc2)ncc1Br. The normalized spacial score (nSPS) is 10.3. The summed E-state index contributed by atoms with van der Waals surface area (Å²) in [4.78, 5) is 18.9. The number of rotatable bonds is 3. The maximum absolute atomic E-state index is 12.7. The molecule has 1 N–H and O–H groups in total. The Kier molecular flexibility index (Phi) is 3.66. The zero-order valence-electron chi connectivity index (χ0n) is 9.10. The minimum absolute atomic E-state index is 0.0814. The van der Waals surface area contributed by atoms with Crippen molar-refractivity contribution in [3.05, 3.63) is 57.8 Å². The number of nitrogens with zero attached hydrogens (tertiary/aromatic N) is 2. The predicted octanol–water partition coefficient (Wildman–Crippen LogP) is 2.67. The number of carboxylic acids is 1. The number of halogens is 2. The molecule has 6 heteroatoms. The van der Waals surface area contributed by atoms with Gasteiger partial charge in [0, 0.05) is 12.6 Å². The number of aromatic nitrogens is 2. The zero-order valence-corrected chi connectivity index (χ0v) is 10.7. The largest absolute Gasteiger partial charge is 0.476 e. The van der Waals surface area contributed by atoms with Crippen LogP contribution in [0.1, 0.15) is 21.9 Å². The number of benzene rings is 1. The molecule has 1 aromatic heterocycles. The molecule has 18 heavy (non-hydrogen) atoms. The summed E-state index contributed by atoms with van der Waals surface area (Å²) in [6.07, 6.45) is 1.75. The highest BCUT2D eigenvalue weighted by Gasteiger charge is 2.12. The zero-order chi connectivity index (χ0) is 13.1. The molecule has 1 heterocycles. The van der Waals surface area contributed by atoms with Crippen LogP contribution >= 0.6 is 15.9 Å². The number of aromatic carboxylic acids is 1. The second kappa shape index (κ2) is 5.22. The molecule has 0 saturated heterocycles. The first-order valence-electron chi connectivity index (χ1n) is 5.05. The lowest BCUT2D eigenvalue weighted by Crippen LogP contribution is -2.06. The van der Waals surface area contributed by atoms with Crippen molar-refractivity contribution in [1.82, 2.24) is 9.97 Å². The van der Waals surface area contributed by atoms with Gasteiger partial charge in [-0.05, 0) is 33.6 Å². The van der Waals surface area contributed by atoms with Crippen LogP contribution in [0.25, 0.3) is 0 Å². The molecule has 0 saturated carbocycles. The lowest BCUT2D eigenvalue weighted by atomic mass is 10.1. The van der Waals surface area contributed by atoms with Crippen LogP contribution in [-0.2, 0) is 6.42 Å². The Morgan fingerprint density at radius 2 is 2.00 bits per heavy atom. The first-order valence-corrected chi connectivity index (χ1v) is 5.84. The Bertz CT molecular complexity index is 587. The smallest absolute Gasteiger partial charge is 0.355 e. The predicted molar refractivity (Wildman–Crippen MR) is 65.9 cm³/mol. The Morgan fingerprint density at radius 3 is 2.61 bits per heavy atom. The van der Waals surface area contributed by atoms with Gasteiger partial charge in [0.05, 0.1) is 4.47 Å². The Balaban J connectivity index is 2.27. The first-order chi connectivity index (χ1) is 8.56. The van der Waals surface area contributed by atoms with Crippen molar-refractivity contribution >= 4 is 21.9 Å². The molecular weight excluding hydrogens is 303 g/mol. The molecule has 0 radical (unpaired) electrons. The van der Waals surface area contributed by atoms with E-state index in [-0.39, 0.29) is 11.5 Å². The lowest BCUT2D eigenvalue weighted by Gasteiger charge is -2.03. The summed E-state index contributed by atoms with van der Waals surface area (Å²) in [5, 5.41) is 8.92. The third-order valence-corrected chi connectivity index (χ3v) is 2.85. The number of carbonyl (C=O) groups is 1. The topological polar surface area (TPSA) is 63.1 Å². The van der Waals surface area contributed by atoms with E-state index in [0.29, 0.717) is 16.7 Å². The fourth-order valence-corrected chi connectivity index (χ4v) is 1.78. The van der Waals surface area contributed by atoms with Gasteiger partial charge in [0.2, 0.25) is 0 Å². The van der Waals surface area contributed by atoms with Crippen molar-refractivity contribution in [1.29, 1.82) is 0 Å². The monoisotopic (exact) mass is 310 g/mol. The Labute approximate surface area is 111 Å². The minimum atomic E-state index is -1.12. The van der Waals surface area contributed by atoms with E-state index in [4.69, 9.17) is 5.11 Å².